The van der Waals surface area contributed by atoms with Crippen LogP contribution in [-0.4, -0.2) is 83.6 Å². The third-order valence-electron chi connectivity index (χ3n) is 4.90. The van der Waals surface area contributed by atoms with Crippen molar-refractivity contribution in [1.82, 2.24) is 20.4 Å². The van der Waals surface area contributed by atoms with E-state index in [-0.39, 0.29) is 28.6 Å². The number of hydrogen-bond acceptors (Lipinski definition) is 6. The van der Waals surface area contributed by atoms with E-state index in [1.54, 1.807) is 11.8 Å². The lowest BCUT2D eigenvalue weighted by molar-refractivity contribution is -0.140. The largest absolute Gasteiger partial charge is 0.339 e. The second kappa shape index (κ2) is 6.58. The van der Waals surface area contributed by atoms with Gasteiger partial charge in [-0.1, -0.05) is 13.8 Å². The van der Waals surface area contributed by atoms with Crippen molar-refractivity contribution >= 4 is 23.6 Å². The fraction of sp³-hybridized carbons (Fsp3) is 0.867. The Morgan fingerprint density at radius 1 is 1.22 bits per heavy atom. The average Bonchev–Trinajstić information content (AvgIpc) is 2.97. The van der Waals surface area contributed by atoms with Crippen LogP contribution in [0.15, 0.2) is 0 Å². The van der Waals surface area contributed by atoms with E-state index in [4.69, 9.17) is 5.73 Å². The van der Waals surface area contributed by atoms with Gasteiger partial charge < -0.3 is 20.9 Å². The molecule has 2 atom stereocenters. The van der Waals surface area contributed by atoms with Crippen molar-refractivity contribution in [3.63, 3.8) is 0 Å². The zero-order chi connectivity index (χ0) is 16.6. The highest BCUT2D eigenvalue weighted by Gasteiger charge is 2.52. The molecule has 0 unspecified atom stereocenters. The Morgan fingerprint density at radius 3 is 2.48 bits per heavy atom. The van der Waals surface area contributed by atoms with E-state index in [2.05, 4.69) is 10.6 Å². The Balaban J connectivity index is 1.51. The van der Waals surface area contributed by atoms with E-state index < -0.39 is 6.04 Å². The monoisotopic (exact) mass is 341 g/mol. The zero-order valence-corrected chi connectivity index (χ0v) is 14.7. The maximum atomic E-state index is 12.6. The molecule has 1 spiro atoms. The molecule has 4 N–H and O–H groups in total. The highest BCUT2D eigenvalue weighted by atomic mass is 32.2. The van der Waals surface area contributed by atoms with Crippen molar-refractivity contribution in [3.05, 3.63) is 0 Å². The van der Waals surface area contributed by atoms with Crippen LogP contribution in [0.25, 0.3) is 0 Å². The number of hydrogen-bond donors (Lipinski definition) is 3. The second-order valence-corrected chi connectivity index (χ2v) is 8.45. The fourth-order valence-electron chi connectivity index (χ4n) is 3.29. The van der Waals surface area contributed by atoms with Crippen LogP contribution >= 0.6 is 11.8 Å². The van der Waals surface area contributed by atoms with Crippen LogP contribution in [0.3, 0.4) is 0 Å². The Hall–Kier alpha value is -0.830. The summed E-state index contributed by atoms with van der Waals surface area (Å²) in [5.41, 5.74) is 5.95. The van der Waals surface area contributed by atoms with Gasteiger partial charge in [0.2, 0.25) is 11.8 Å². The third kappa shape index (κ3) is 3.35. The molecular formula is C15H27N5O2S. The van der Waals surface area contributed by atoms with E-state index in [0.29, 0.717) is 13.1 Å². The summed E-state index contributed by atoms with van der Waals surface area (Å²) in [5.74, 6) is 1.14. The smallest absolute Gasteiger partial charge is 0.240 e. The molecule has 3 aliphatic rings. The molecule has 3 aliphatic heterocycles. The van der Waals surface area contributed by atoms with Crippen molar-refractivity contribution in [2.45, 2.75) is 30.8 Å². The van der Waals surface area contributed by atoms with Gasteiger partial charge in [-0.3, -0.25) is 14.9 Å². The molecule has 0 bridgehead atoms. The van der Waals surface area contributed by atoms with Gasteiger partial charge in [-0.25, -0.2) is 0 Å². The van der Waals surface area contributed by atoms with E-state index in [9.17, 15) is 9.59 Å². The van der Waals surface area contributed by atoms with Gasteiger partial charge >= 0.3 is 0 Å². The van der Waals surface area contributed by atoms with Crippen molar-refractivity contribution in [2.75, 3.05) is 45.0 Å². The van der Waals surface area contributed by atoms with Crippen molar-refractivity contribution in [3.8, 4) is 0 Å². The minimum Gasteiger partial charge on any atom is -0.339 e. The molecule has 130 valence electrons. The van der Waals surface area contributed by atoms with Crippen LogP contribution in [0, 0.1) is 5.92 Å². The molecule has 0 aromatic carbocycles. The van der Waals surface area contributed by atoms with Crippen LogP contribution in [0.2, 0.25) is 0 Å². The quantitative estimate of drug-likeness (QED) is 0.588. The lowest BCUT2D eigenvalue weighted by Gasteiger charge is -2.48. The summed E-state index contributed by atoms with van der Waals surface area (Å²) >= 11 is 1.76. The lowest BCUT2D eigenvalue weighted by atomic mass is 10.00. The van der Waals surface area contributed by atoms with Gasteiger partial charge in [0, 0.05) is 31.9 Å². The Bertz CT molecular complexity index is 474. The predicted molar refractivity (Wildman–Crippen MR) is 91.0 cm³/mol. The molecule has 3 heterocycles. The van der Waals surface area contributed by atoms with Crippen LogP contribution in [0.4, 0.5) is 0 Å². The SMILES string of the molecule is CC(C)[C@H](N)C(=O)N1CC2(C1)N[C@H](C(=O)N1CCNCC1)CS2. The molecule has 0 radical (unpaired) electrons. The molecule has 0 saturated carbocycles. The first-order valence-corrected chi connectivity index (χ1v) is 9.36. The van der Waals surface area contributed by atoms with Gasteiger partial charge in [0.25, 0.3) is 0 Å². The number of nitrogens with one attached hydrogen (secondary N) is 2. The van der Waals surface area contributed by atoms with Crippen LogP contribution in [0.5, 0.6) is 0 Å². The first-order chi connectivity index (χ1) is 10.9. The van der Waals surface area contributed by atoms with Crippen LogP contribution in [-0.2, 0) is 9.59 Å². The number of nitrogens with two attached hydrogens (primary N) is 1. The zero-order valence-electron chi connectivity index (χ0n) is 13.9. The first-order valence-electron chi connectivity index (χ1n) is 8.37. The van der Waals surface area contributed by atoms with Gasteiger partial charge in [-0.2, -0.15) is 0 Å². The highest BCUT2D eigenvalue weighted by molar-refractivity contribution is 8.01. The second-order valence-electron chi connectivity index (χ2n) is 7.04. The summed E-state index contributed by atoms with van der Waals surface area (Å²) in [6.07, 6.45) is 0. The van der Waals surface area contributed by atoms with E-state index in [1.807, 2.05) is 23.6 Å². The highest BCUT2D eigenvalue weighted by Crippen LogP contribution is 2.39. The third-order valence-corrected chi connectivity index (χ3v) is 6.33. The Labute approximate surface area is 141 Å². The summed E-state index contributed by atoms with van der Waals surface area (Å²) in [4.78, 5) is 28.4. The molecule has 3 fully saturated rings. The molecule has 0 aromatic heterocycles. The Morgan fingerprint density at radius 2 is 1.87 bits per heavy atom. The minimum absolute atomic E-state index is 0.0184. The summed E-state index contributed by atoms with van der Waals surface area (Å²) < 4.78 is 0. The molecule has 8 heteroatoms. The summed E-state index contributed by atoms with van der Waals surface area (Å²) in [7, 11) is 0. The summed E-state index contributed by atoms with van der Waals surface area (Å²) in [6, 6.07) is -0.564. The molecule has 0 aliphatic carbocycles. The number of rotatable bonds is 3. The standard InChI is InChI=1S/C15H27N5O2S/c1-10(2)12(16)14(22)20-8-15(9-20)18-11(7-23-15)13(21)19-5-3-17-4-6-19/h10-12,17-18H,3-9,16H2,1-2H3/t11-,12-/m0/s1. The molecular weight excluding hydrogens is 314 g/mol. The number of thioether (sulfide) groups is 1. The molecule has 0 aromatic rings. The van der Waals surface area contributed by atoms with Crippen molar-refractivity contribution in [2.24, 2.45) is 11.7 Å². The summed E-state index contributed by atoms with van der Waals surface area (Å²) in [5, 5.41) is 6.73. The summed E-state index contributed by atoms with van der Waals surface area (Å²) in [6.45, 7) is 8.50. The number of nitrogens with zero attached hydrogens (tertiary/aromatic N) is 2. The molecule has 3 rings (SSSR count). The number of carbonyl (C=O) groups excluding carboxylic acids is 2. The predicted octanol–water partition coefficient (Wildman–Crippen LogP) is -1.35. The fourth-order valence-corrected chi connectivity index (χ4v) is 4.72. The average molecular weight is 341 g/mol. The molecule has 7 nitrogen and oxygen atoms in total. The Kier molecular flexibility index (Phi) is 4.87. The van der Waals surface area contributed by atoms with E-state index in [1.165, 1.54) is 0 Å². The van der Waals surface area contributed by atoms with Gasteiger partial charge in [-0.05, 0) is 5.92 Å². The van der Waals surface area contributed by atoms with E-state index >= 15 is 0 Å². The normalized spacial score (nSPS) is 28.1. The maximum Gasteiger partial charge on any atom is 0.240 e. The van der Waals surface area contributed by atoms with Gasteiger partial charge in [-0.15, -0.1) is 11.8 Å². The first kappa shape index (κ1) is 17.0. The van der Waals surface area contributed by atoms with Crippen LogP contribution in [0.1, 0.15) is 13.8 Å². The van der Waals surface area contributed by atoms with E-state index in [0.717, 1.165) is 31.9 Å². The topological polar surface area (TPSA) is 90.7 Å². The van der Waals surface area contributed by atoms with Crippen LogP contribution < -0.4 is 16.4 Å². The van der Waals surface area contributed by atoms with Gasteiger partial charge in [0.15, 0.2) is 0 Å². The van der Waals surface area contributed by atoms with Crippen molar-refractivity contribution < 1.29 is 9.59 Å². The number of amides is 2. The van der Waals surface area contributed by atoms with Gasteiger partial charge in [0.1, 0.15) is 4.87 Å². The molecule has 2 amide bonds. The maximum absolute atomic E-state index is 12.6. The molecule has 23 heavy (non-hydrogen) atoms. The van der Waals surface area contributed by atoms with Crippen molar-refractivity contribution in [1.29, 1.82) is 0 Å². The minimum atomic E-state index is -0.433. The lowest BCUT2D eigenvalue weighted by Crippen LogP contribution is -2.70. The number of likely N-dealkylation sites (tertiary alicyclic amines) is 1. The number of carbonyl (C=O) groups is 2. The van der Waals surface area contributed by atoms with Gasteiger partial charge in [0.05, 0.1) is 25.2 Å². The molecule has 3 saturated heterocycles. The number of piperazine rings is 1.